The van der Waals surface area contributed by atoms with E-state index in [1.807, 2.05) is 0 Å². The molecule has 76 valence electrons. The monoisotopic (exact) mass is 202 g/mol. The topological polar surface area (TPSA) is 59.8 Å². The molecule has 0 unspecified atom stereocenters. The van der Waals surface area contributed by atoms with Crippen LogP contribution in [0.25, 0.3) is 5.82 Å². The van der Waals surface area contributed by atoms with Gasteiger partial charge in [0.25, 0.3) is 5.91 Å². The van der Waals surface area contributed by atoms with Gasteiger partial charge >= 0.3 is 0 Å². The highest BCUT2D eigenvalue weighted by Crippen LogP contribution is 2.04. The normalized spacial score (nSPS) is 9.93. The van der Waals surface area contributed by atoms with E-state index in [1.165, 1.54) is 6.20 Å². The molecule has 0 atom stereocenters. The number of rotatable bonds is 2. The first kappa shape index (κ1) is 9.39. The van der Waals surface area contributed by atoms with E-state index in [0.29, 0.717) is 5.56 Å². The molecule has 0 aromatic carbocycles. The van der Waals surface area contributed by atoms with Gasteiger partial charge in [0.2, 0.25) is 0 Å². The SMILES string of the molecule is CNC(=O)c1ccc(-n2ccnc2)nc1. The van der Waals surface area contributed by atoms with Crippen LogP contribution in [0.15, 0.2) is 37.1 Å². The highest BCUT2D eigenvalue weighted by atomic mass is 16.1. The summed E-state index contributed by atoms with van der Waals surface area (Å²) in [4.78, 5) is 19.3. The van der Waals surface area contributed by atoms with Crippen molar-refractivity contribution in [3.8, 4) is 5.82 Å². The van der Waals surface area contributed by atoms with E-state index in [1.54, 1.807) is 42.5 Å². The van der Waals surface area contributed by atoms with Crippen molar-refractivity contribution in [3.05, 3.63) is 42.6 Å². The Morgan fingerprint density at radius 2 is 2.33 bits per heavy atom. The lowest BCUT2D eigenvalue weighted by atomic mass is 10.2. The van der Waals surface area contributed by atoms with Crippen molar-refractivity contribution in [2.75, 3.05) is 7.05 Å². The van der Waals surface area contributed by atoms with Crippen molar-refractivity contribution in [1.29, 1.82) is 0 Å². The summed E-state index contributed by atoms with van der Waals surface area (Å²) in [5, 5.41) is 2.54. The van der Waals surface area contributed by atoms with Gasteiger partial charge in [-0.15, -0.1) is 0 Å². The van der Waals surface area contributed by atoms with Crippen LogP contribution in [0.3, 0.4) is 0 Å². The quantitative estimate of drug-likeness (QED) is 0.776. The van der Waals surface area contributed by atoms with Gasteiger partial charge < -0.3 is 5.32 Å². The lowest BCUT2D eigenvalue weighted by Crippen LogP contribution is -2.18. The van der Waals surface area contributed by atoms with E-state index in [9.17, 15) is 4.79 Å². The molecule has 0 fully saturated rings. The zero-order valence-corrected chi connectivity index (χ0v) is 8.21. The molecule has 2 heterocycles. The van der Waals surface area contributed by atoms with Crippen molar-refractivity contribution < 1.29 is 4.79 Å². The molecular formula is C10H10N4O. The number of amides is 1. The Kier molecular flexibility index (Phi) is 2.45. The maximum atomic E-state index is 11.2. The third-order valence-corrected chi connectivity index (χ3v) is 2.01. The van der Waals surface area contributed by atoms with Gasteiger partial charge in [-0.2, -0.15) is 0 Å². The zero-order valence-electron chi connectivity index (χ0n) is 8.21. The Morgan fingerprint density at radius 3 is 2.87 bits per heavy atom. The molecule has 1 N–H and O–H groups in total. The van der Waals surface area contributed by atoms with Crippen LogP contribution < -0.4 is 5.32 Å². The third-order valence-electron chi connectivity index (χ3n) is 2.01. The predicted molar refractivity (Wildman–Crippen MR) is 54.7 cm³/mol. The van der Waals surface area contributed by atoms with Crippen LogP contribution in [0.4, 0.5) is 0 Å². The van der Waals surface area contributed by atoms with Gasteiger partial charge in [-0.1, -0.05) is 0 Å². The van der Waals surface area contributed by atoms with E-state index in [-0.39, 0.29) is 5.91 Å². The number of imidazole rings is 1. The van der Waals surface area contributed by atoms with Gasteiger partial charge in [-0.3, -0.25) is 9.36 Å². The van der Waals surface area contributed by atoms with Crippen LogP contribution in [-0.2, 0) is 0 Å². The molecule has 2 aromatic rings. The molecule has 0 bridgehead atoms. The lowest BCUT2D eigenvalue weighted by molar-refractivity contribution is 0.0963. The van der Waals surface area contributed by atoms with Gasteiger partial charge in [0, 0.05) is 25.6 Å². The highest BCUT2D eigenvalue weighted by Gasteiger charge is 2.03. The largest absolute Gasteiger partial charge is 0.355 e. The molecule has 0 aliphatic rings. The Hall–Kier alpha value is -2.17. The van der Waals surface area contributed by atoms with Crippen molar-refractivity contribution in [3.63, 3.8) is 0 Å². The molecule has 0 saturated heterocycles. The number of aromatic nitrogens is 3. The number of hydrogen-bond donors (Lipinski definition) is 1. The lowest BCUT2D eigenvalue weighted by Gasteiger charge is -2.02. The minimum absolute atomic E-state index is 0.139. The summed E-state index contributed by atoms with van der Waals surface area (Å²) < 4.78 is 1.77. The second kappa shape index (κ2) is 3.91. The molecule has 5 heteroatoms. The molecule has 1 amide bonds. The first-order chi connectivity index (χ1) is 7.31. The van der Waals surface area contributed by atoms with Crippen LogP contribution in [0, 0.1) is 0 Å². The molecule has 0 spiro atoms. The summed E-state index contributed by atoms with van der Waals surface area (Å²) in [5.41, 5.74) is 0.543. The minimum Gasteiger partial charge on any atom is -0.355 e. The van der Waals surface area contributed by atoms with Crippen LogP contribution in [0.1, 0.15) is 10.4 Å². The molecule has 2 rings (SSSR count). The fraction of sp³-hybridized carbons (Fsp3) is 0.100. The average Bonchev–Trinajstić information content (AvgIpc) is 2.82. The molecule has 0 saturated carbocycles. The molecule has 0 aliphatic carbocycles. The molecule has 5 nitrogen and oxygen atoms in total. The van der Waals surface area contributed by atoms with Gasteiger partial charge in [0.15, 0.2) is 0 Å². The summed E-state index contributed by atoms with van der Waals surface area (Å²) in [5.74, 6) is 0.597. The number of carbonyl (C=O) groups is 1. The van der Waals surface area contributed by atoms with E-state index in [0.717, 1.165) is 5.82 Å². The highest BCUT2D eigenvalue weighted by molar-refractivity contribution is 5.93. The summed E-state index contributed by atoms with van der Waals surface area (Å²) in [6, 6.07) is 3.49. The first-order valence-electron chi connectivity index (χ1n) is 4.48. The standard InChI is InChI=1S/C10H10N4O/c1-11-10(15)8-2-3-9(13-6-8)14-5-4-12-7-14/h2-7H,1H3,(H,11,15). The second-order valence-electron chi connectivity index (χ2n) is 2.95. The Labute approximate surface area is 86.8 Å². The predicted octanol–water partition coefficient (Wildman–Crippen LogP) is 0.627. The van der Waals surface area contributed by atoms with Crippen molar-refractivity contribution >= 4 is 5.91 Å². The fourth-order valence-electron chi connectivity index (χ4n) is 1.21. The Balaban J connectivity index is 2.29. The number of carbonyl (C=O) groups excluding carboxylic acids is 1. The molecular weight excluding hydrogens is 192 g/mol. The van der Waals surface area contributed by atoms with Crippen LogP contribution in [0.2, 0.25) is 0 Å². The van der Waals surface area contributed by atoms with E-state index in [4.69, 9.17) is 0 Å². The van der Waals surface area contributed by atoms with Crippen molar-refractivity contribution in [2.45, 2.75) is 0 Å². The van der Waals surface area contributed by atoms with Crippen molar-refractivity contribution in [2.24, 2.45) is 0 Å². The number of nitrogens with one attached hydrogen (secondary N) is 1. The number of hydrogen-bond acceptors (Lipinski definition) is 3. The van der Waals surface area contributed by atoms with Crippen LogP contribution in [-0.4, -0.2) is 27.5 Å². The average molecular weight is 202 g/mol. The number of pyridine rings is 1. The molecule has 2 aromatic heterocycles. The molecule has 15 heavy (non-hydrogen) atoms. The smallest absolute Gasteiger partial charge is 0.252 e. The van der Waals surface area contributed by atoms with Gasteiger partial charge in [-0.25, -0.2) is 9.97 Å². The summed E-state index contributed by atoms with van der Waals surface area (Å²) in [6.45, 7) is 0. The number of nitrogens with zero attached hydrogens (tertiary/aromatic N) is 3. The van der Waals surface area contributed by atoms with E-state index < -0.39 is 0 Å². The van der Waals surface area contributed by atoms with Gasteiger partial charge in [-0.05, 0) is 12.1 Å². The molecule has 0 aliphatic heterocycles. The van der Waals surface area contributed by atoms with Gasteiger partial charge in [0.1, 0.15) is 12.1 Å². The molecule has 0 radical (unpaired) electrons. The van der Waals surface area contributed by atoms with Gasteiger partial charge in [0.05, 0.1) is 5.56 Å². The fourth-order valence-corrected chi connectivity index (χ4v) is 1.21. The second-order valence-corrected chi connectivity index (χ2v) is 2.95. The van der Waals surface area contributed by atoms with Crippen LogP contribution >= 0.6 is 0 Å². The maximum absolute atomic E-state index is 11.2. The minimum atomic E-state index is -0.139. The van der Waals surface area contributed by atoms with E-state index >= 15 is 0 Å². The first-order valence-corrected chi connectivity index (χ1v) is 4.48. The summed E-state index contributed by atoms with van der Waals surface area (Å²) in [7, 11) is 1.59. The van der Waals surface area contributed by atoms with Crippen molar-refractivity contribution in [1.82, 2.24) is 19.9 Å². The maximum Gasteiger partial charge on any atom is 0.252 e. The summed E-state index contributed by atoms with van der Waals surface area (Å²) >= 11 is 0. The summed E-state index contributed by atoms with van der Waals surface area (Å²) in [6.07, 6.45) is 6.66. The van der Waals surface area contributed by atoms with E-state index in [2.05, 4.69) is 15.3 Å². The zero-order chi connectivity index (χ0) is 10.7. The Morgan fingerprint density at radius 1 is 1.47 bits per heavy atom. The van der Waals surface area contributed by atoms with Crippen LogP contribution in [0.5, 0.6) is 0 Å². The third kappa shape index (κ3) is 1.85. The Bertz CT molecular complexity index is 447.